The van der Waals surface area contributed by atoms with Crippen molar-refractivity contribution in [2.45, 2.75) is 20.4 Å². The molecule has 0 aliphatic carbocycles. The number of rotatable bonds is 5. The maximum atomic E-state index is 10.8. The minimum atomic E-state index is -0.992. The molecule has 20 heavy (non-hydrogen) atoms. The van der Waals surface area contributed by atoms with Crippen LogP contribution in [0.5, 0.6) is 5.75 Å². The molecule has 0 amide bonds. The van der Waals surface area contributed by atoms with Gasteiger partial charge in [-0.2, -0.15) is 0 Å². The molecule has 0 bridgehead atoms. The first-order chi connectivity index (χ1) is 9.52. The van der Waals surface area contributed by atoms with Crippen LogP contribution in [-0.2, 0) is 6.54 Å². The van der Waals surface area contributed by atoms with E-state index in [0.29, 0.717) is 12.3 Å². The molecule has 0 fully saturated rings. The molecule has 2 aromatic rings. The highest BCUT2D eigenvalue weighted by molar-refractivity contribution is 5.87. The molecule has 0 aliphatic rings. The number of benzene rings is 1. The molecular weight excluding hydrogens is 258 g/mol. The molecule has 1 heterocycles. The molecular formula is C15H17NO4. The number of methoxy groups -OCH3 is 1. The number of anilines is 1. The van der Waals surface area contributed by atoms with E-state index in [2.05, 4.69) is 5.32 Å². The Morgan fingerprint density at radius 1 is 1.40 bits per heavy atom. The van der Waals surface area contributed by atoms with E-state index in [9.17, 15) is 4.79 Å². The second-order valence-electron chi connectivity index (χ2n) is 4.55. The van der Waals surface area contributed by atoms with Crippen molar-refractivity contribution in [2.24, 2.45) is 0 Å². The van der Waals surface area contributed by atoms with Gasteiger partial charge in [0.2, 0.25) is 0 Å². The predicted molar refractivity (Wildman–Crippen MR) is 75.5 cm³/mol. The molecule has 2 N–H and O–H groups in total. The van der Waals surface area contributed by atoms with Crippen LogP contribution < -0.4 is 10.1 Å². The lowest BCUT2D eigenvalue weighted by Crippen LogP contribution is -2.02. The highest BCUT2D eigenvalue weighted by Gasteiger charge is 2.10. The van der Waals surface area contributed by atoms with Gasteiger partial charge in [0.05, 0.1) is 19.2 Å². The summed E-state index contributed by atoms with van der Waals surface area (Å²) in [5.41, 5.74) is 3.17. The average molecular weight is 275 g/mol. The number of carbonyl (C=O) groups is 1. The zero-order valence-electron chi connectivity index (χ0n) is 11.7. The van der Waals surface area contributed by atoms with Gasteiger partial charge in [-0.25, -0.2) is 4.79 Å². The molecule has 5 nitrogen and oxygen atoms in total. The van der Waals surface area contributed by atoms with Gasteiger partial charge in [-0.3, -0.25) is 0 Å². The summed E-state index contributed by atoms with van der Waals surface area (Å²) >= 11 is 0. The minimum Gasteiger partial charge on any atom is -0.496 e. The lowest BCUT2D eigenvalue weighted by Gasteiger charge is -2.14. The number of furan rings is 1. The Balaban J connectivity index is 2.12. The van der Waals surface area contributed by atoms with E-state index in [1.165, 1.54) is 12.3 Å². The molecule has 0 saturated carbocycles. The van der Waals surface area contributed by atoms with Crippen LogP contribution in [0, 0.1) is 13.8 Å². The molecule has 0 unspecified atom stereocenters. The Morgan fingerprint density at radius 2 is 2.15 bits per heavy atom. The second-order valence-corrected chi connectivity index (χ2v) is 4.55. The first-order valence-corrected chi connectivity index (χ1v) is 6.21. The summed E-state index contributed by atoms with van der Waals surface area (Å²) < 4.78 is 10.6. The lowest BCUT2D eigenvalue weighted by molar-refractivity contribution is 0.0696. The zero-order chi connectivity index (χ0) is 14.7. The molecule has 0 saturated heterocycles. The standard InChI is InChI=1S/C15H17NO4/c1-9-4-5-13(10(2)14(9)19-3)16-7-12-6-11(8-20-12)15(17)18/h4-6,8,16H,7H2,1-3H3,(H,17,18). The second kappa shape index (κ2) is 5.69. The van der Waals surface area contributed by atoms with E-state index >= 15 is 0 Å². The molecule has 0 radical (unpaired) electrons. The highest BCUT2D eigenvalue weighted by Crippen LogP contribution is 2.29. The zero-order valence-corrected chi connectivity index (χ0v) is 11.7. The van der Waals surface area contributed by atoms with Gasteiger partial charge in [0, 0.05) is 11.3 Å². The summed E-state index contributed by atoms with van der Waals surface area (Å²) in [5, 5.41) is 12.0. The summed E-state index contributed by atoms with van der Waals surface area (Å²) in [7, 11) is 1.64. The monoisotopic (exact) mass is 275 g/mol. The Bertz CT molecular complexity index is 631. The molecule has 5 heteroatoms. The topological polar surface area (TPSA) is 71.7 Å². The normalized spacial score (nSPS) is 10.3. The molecule has 0 atom stereocenters. The van der Waals surface area contributed by atoms with Crippen LogP contribution in [0.2, 0.25) is 0 Å². The summed E-state index contributed by atoms with van der Waals surface area (Å²) in [4.78, 5) is 10.8. The van der Waals surface area contributed by atoms with Gasteiger partial charge in [0.15, 0.2) is 0 Å². The molecule has 0 aliphatic heterocycles. The fourth-order valence-electron chi connectivity index (χ4n) is 2.10. The Labute approximate surface area is 117 Å². The van der Waals surface area contributed by atoms with E-state index < -0.39 is 5.97 Å². The highest BCUT2D eigenvalue weighted by atomic mass is 16.5. The van der Waals surface area contributed by atoms with Crippen molar-refractivity contribution < 1.29 is 19.1 Å². The van der Waals surface area contributed by atoms with Crippen molar-refractivity contribution in [3.63, 3.8) is 0 Å². The van der Waals surface area contributed by atoms with Crippen molar-refractivity contribution in [1.29, 1.82) is 0 Å². The van der Waals surface area contributed by atoms with Crippen LogP contribution in [0.25, 0.3) is 0 Å². The maximum absolute atomic E-state index is 10.8. The van der Waals surface area contributed by atoms with Crippen molar-refractivity contribution in [2.75, 3.05) is 12.4 Å². The lowest BCUT2D eigenvalue weighted by atomic mass is 10.1. The van der Waals surface area contributed by atoms with Gasteiger partial charge >= 0.3 is 5.97 Å². The fourth-order valence-corrected chi connectivity index (χ4v) is 2.10. The van der Waals surface area contributed by atoms with Crippen molar-refractivity contribution in [1.82, 2.24) is 0 Å². The molecule has 106 valence electrons. The third-order valence-electron chi connectivity index (χ3n) is 3.16. The van der Waals surface area contributed by atoms with E-state index in [1.807, 2.05) is 26.0 Å². The smallest absolute Gasteiger partial charge is 0.338 e. The summed E-state index contributed by atoms with van der Waals surface area (Å²) in [6.07, 6.45) is 1.24. The Kier molecular flexibility index (Phi) is 3.98. The average Bonchev–Trinajstić information content (AvgIpc) is 2.87. The minimum absolute atomic E-state index is 0.153. The number of hydrogen-bond donors (Lipinski definition) is 2. The Hall–Kier alpha value is -2.43. The Morgan fingerprint density at radius 3 is 2.75 bits per heavy atom. The molecule has 1 aromatic carbocycles. The predicted octanol–water partition coefficient (Wildman–Crippen LogP) is 3.22. The number of ether oxygens (including phenoxy) is 1. The number of aromatic carboxylic acids is 1. The van der Waals surface area contributed by atoms with Crippen molar-refractivity contribution in [3.8, 4) is 5.75 Å². The van der Waals surface area contributed by atoms with Gasteiger partial charge in [0.25, 0.3) is 0 Å². The van der Waals surface area contributed by atoms with Crippen LogP contribution in [0.4, 0.5) is 5.69 Å². The van der Waals surface area contributed by atoms with E-state index in [4.69, 9.17) is 14.3 Å². The van der Waals surface area contributed by atoms with E-state index in [-0.39, 0.29) is 5.56 Å². The van der Waals surface area contributed by atoms with E-state index in [0.717, 1.165) is 22.6 Å². The number of carboxylic acid groups (broad SMARTS) is 1. The SMILES string of the molecule is COc1c(C)ccc(NCc2cc(C(=O)O)co2)c1C. The first kappa shape index (κ1) is 14.0. The van der Waals surface area contributed by atoms with Crippen LogP contribution in [0.3, 0.4) is 0 Å². The van der Waals surface area contributed by atoms with Crippen LogP contribution in [-0.4, -0.2) is 18.2 Å². The van der Waals surface area contributed by atoms with Gasteiger partial charge in [-0.15, -0.1) is 0 Å². The molecule has 2 rings (SSSR count). The molecule has 1 aromatic heterocycles. The molecule has 0 spiro atoms. The third-order valence-corrected chi connectivity index (χ3v) is 3.16. The summed E-state index contributed by atoms with van der Waals surface area (Å²) in [6.45, 7) is 4.38. The number of aryl methyl sites for hydroxylation is 1. The summed E-state index contributed by atoms with van der Waals surface area (Å²) in [5.74, 6) is 0.426. The van der Waals surface area contributed by atoms with Crippen LogP contribution in [0.1, 0.15) is 27.2 Å². The fraction of sp³-hybridized carbons (Fsp3) is 0.267. The first-order valence-electron chi connectivity index (χ1n) is 6.21. The van der Waals surface area contributed by atoms with Gasteiger partial charge in [-0.1, -0.05) is 6.07 Å². The number of hydrogen-bond acceptors (Lipinski definition) is 4. The van der Waals surface area contributed by atoms with Gasteiger partial charge in [-0.05, 0) is 31.5 Å². The van der Waals surface area contributed by atoms with Gasteiger partial charge in [0.1, 0.15) is 17.8 Å². The van der Waals surface area contributed by atoms with E-state index in [1.54, 1.807) is 7.11 Å². The van der Waals surface area contributed by atoms with Crippen LogP contribution in [0.15, 0.2) is 28.9 Å². The maximum Gasteiger partial charge on any atom is 0.338 e. The van der Waals surface area contributed by atoms with Crippen LogP contribution >= 0.6 is 0 Å². The third kappa shape index (κ3) is 2.77. The number of carboxylic acids is 1. The van der Waals surface area contributed by atoms with Crippen molar-refractivity contribution in [3.05, 3.63) is 46.9 Å². The summed E-state index contributed by atoms with van der Waals surface area (Å²) in [6, 6.07) is 5.45. The largest absolute Gasteiger partial charge is 0.496 e. The van der Waals surface area contributed by atoms with Gasteiger partial charge < -0.3 is 19.6 Å². The quantitative estimate of drug-likeness (QED) is 0.876. The van der Waals surface area contributed by atoms with Crippen molar-refractivity contribution >= 4 is 11.7 Å². The number of nitrogens with one attached hydrogen (secondary N) is 1.